The summed E-state index contributed by atoms with van der Waals surface area (Å²) in [6, 6.07) is 8.40. The van der Waals surface area contributed by atoms with Gasteiger partial charge in [0, 0.05) is 6.07 Å². The Balaban J connectivity index is 2.18. The van der Waals surface area contributed by atoms with Gasteiger partial charge in [-0.1, -0.05) is 0 Å². The normalized spacial score (nSPS) is 10.4. The minimum Gasteiger partial charge on any atom is -0.493 e. The van der Waals surface area contributed by atoms with Crippen LogP contribution in [0.5, 0.6) is 23.0 Å². The van der Waals surface area contributed by atoms with E-state index in [2.05, 4.69) is 4.98 Å². The van der Waals surface area contributed by atoms with Crippen LogP contribution in [0.25, 0.3) is 0 Å². The molecule has 0 radical (unpaired) electrons. The number of carboxylic acids is 1. The lowest BCUT2D eigenvalue weighted by Gasteiger charge is -2.12. The van der Waals surface area contributed by atoms with Crippen LogP contribution in [0.3, 0.4) is 0 Å². The zero-order valence-corrected chi connectivity index (χ0v) is 12.6. The Morgan fingerprint density at radius 1 is 1.14 bits per heavy atom. The number of carbonyl (C=O) groups is 1. The first-order valence-corrected chi connectivity index (χ1v) is 6.71. The maximum atomic E-state index is 10.9. The van der Waals surface area contributed by atoms with Crippen molar-refractivity contribution in [2.75, 3.05) is 7.11 Å². The molecule has 1 aromatic heterocycles. The molecule has 0 saturated carbocycles. The van der Waals surface area contributed by atoms with Crippen molar-refractivity contribution in [3.05, 3.63) is 42.2 Å². The molecule has 2 rings (SSSR count). The van der Waals surface area contributed by atoms with Crippen molar-refractivity contribution in [3.63, 3.8) is 0 Å². The van der Waals surface area contributed by atoms with E-state index < -0.39 is 5.97 Å². The third kappa shape index (κ3) is 3.88. The lowest BCUT2D eigenvalue weighted by molar-refractivity contribution is 0.0690. The molecule has 0 atom stereocenters. The van der Waals surface area contributed by atoms with Crippen LogP contribution in [0, 0.1) is 0 Å². The van der Waals surface area contributed by atoms with Crippen molar-refractivity contribution in [3.8, 4) is 23.0 Å². The molecule has 0 bridgehead atoms. The van der Waals surface area contributed by atoms with Gasteiger partial charge in [-0.05, 0) is 38.1 Å². The number of aromatic nitrogens is 1. The second-order valence-electron chi connectivity index (χ2n) is 4.77. The Bertz CT molecular complexity index is 652. The summed E-state index contributed by atoms with van der Waals surface area (Å²) in [5.74, 6) is 0.827. The second-order valence-corrected chi connectivity index (χ2v) is 4.77. The van der Waals surface area contributed by atoms with Crippen LogP contribution in [0.4, 0.5) is 0 Å². The van der Waals surface area contributed by atoms with Gasteiger partial charge in [0.25, 0.3) is 0 Å². The summed E-state index contributed by atoms with van der Waals surface area (Å²) in [6.07, 6.45) is 1.42. The molecule has 22 heavy (non-hydrogen) atoms. The molecule has 116 valence electrons. The number of nitrogens with zero attached hydrogens (tertiary/aromatic N) is 1. The standard InChI is InChI=1S/C16H17NO5/c1-10(2)21-11-4-6-12(7-5-11)22-15-9-17-13(16(18)19)8-14(15)20-3/h4-10H,1-3H3,(H,18,19). The average molecular weight is 303 g/mol. The van der Waals surface area contributed by atoms with Gasteiger partial charge in [0.1, 0.15) is 11.5 Å². The summed E-state index contributed by atoms with van der Waals surface area (Å²) in [7, 11) is 1.44. The minimum absolute atomic E-state index is 0.0969. The fraction of sp³-hybridized carbons (Fsp3) is 0.250. The summed E-state index contributed by atoms with van der Waals surface area (Å²) in [5.41, 5.74) is -0.107. The predicted octanol–water partition coefficient (Wildman–Crippen LogP) is 3.37. The third-order valence-electron chi connectivity index (χ3n) is 2.69. The van der Waals surface area contributed by atoms with E-state index in [1.165, 1.54) is 19.4 Å². The molecule has 1 N–H and O–H groups in total. The molecule has 0 unspecified atom stereocenters. The highest BCUT2D eigenvalue weighted by Gasteiger charge is 2.12. The fourth-order valence-electron chi connectivity index (χ4n) is 1.76. The lowest BCUT2D eigenvalue weighted by atomic mass is 10.3. The van der Waals surface area contributed by atoms with E-state index >= 15 is 0 Å². The predicted molar refractivity (Wildman–Crippen MR) is 80.0 cm³/mol. The zero-order valence-electron chi connectivity index (χ0n) is 12.6. The van der Waals surface area contributed by atoms with Gasteiger partial charge in [-0.3, -0.25) is 0 Å². The second kappa shape index (κ2) is 6.80. The zero-order chi connectivity index (χ0) is 16.1. The topological polar surface area (TPSA) is 77.9 Å². The van der Waals surface area contributed by atoms with E-state index in [1.54, 1.807) is 24.3 Å². The highest BCUT2D eigenvalue weighted by molar-refractivity contribution is 5.86. The van der Waals surface area contributed by atoms with Crippen LogP contribution < -0.4 is 14.2 Å². The van der Waals surface area contributed by atoms with Gasteiger partial charge in [-0.25, -0.2) is 9.78 Å². The first kappa shape index (κ1) is 15.6. The molecule has 0 spiro atoms. The van der Waals surface area contributed by atoms with Gasteiger partial charge in [0.05, 0.1) is 19.4 Å². The monoisotopic (exact) mass is 303 g/mol. The molecule has 0 amide bonds. The molecule has 1 aromatic carbocycles. The van der Waals surface area contributed by atoms with Gasteiger partial charge in [-0.2, -0.15) is 0 Å². The highest BCUT2D eigenvalue weighted by atomic mass is 16.5. The summed E-state index contributed by atoms with van der Waals surface area (Å²) in [4.78, 5) is 14.7. The number of benzene rings is 1. The van der Waals surface area contributed by atoms with Crippen molar-refractivity contribution in [2.24, 2.45) is 0 Å². The SMILES string of the molecule is COc1cc(C(=O)O)ncc1Oc1ccc(OC(C)C)cc1. The largest absolute Gasteiger partial charge is 0.493 e. The van der Waals surface area contributed by atoms with E-state index in [4.69, 9.17) is 19.3 Å². The molecular weight excluding hydrogens is 286 g/mol. The molecular formula is C16H17NO5. The Hall–Kier alpha value is -2.76. The lowest BCUT2D eigenvalue weighted by Crippen LogP contribution is -2.05. The van der Waals surface area contributed by atoms with E-state index in [0.29, 0.717) is 17.2 Å². The summed E-state index contributed by atoms with van der Waals surface area (Å²) < 4.78 is 16.3. The molecule has 6 heteroatoms. The maximum Gasteiger partial charge on any atom is 0.354 e. The Labute approximate surface area is 128 Å². The number of carboxylic acid groups (broad SMARTS) is 1. The summed E-state index contributed by atoms with van der Waals surface area (Å²) in [5, 5.41) is 8.92. The first-order valence-electron chi connectivity index (χ1n) is 6.71. The Morgan fingerprint density at radius 2 is 1.77 bits per heavy atom. The van der Waals surface area contributed by atoms with Crippen LogP contribution in [-0.4, -0.2) is 29.3 Å². The molecule has 6 nitrogen and oxygen atoms in total. The number of hydrogen-bond donors (Lipinski definition) is 1. The van der Waals surface area contributed by atoms with Crippen LogP contribution in [0.2, 0.25) is 0 Å². The van der Waals surface area contributed by atoms with Gasteiger partial charge in [0.15, 0.2) is 17.2 Å². The molecule has 1 heterocycles. The van der Waals surface area contributed by atoms with Crippen LogP contribution in [0.1, 0.15) is 24.3 Å². The Morgan fingerprint density at radius 3 is 2.32 bits per heavy atom. The van der Waals surface area contributed by atoms with Crippen molar-refractivity contribution in [1.82, 2.24) is 4.98 Å². The number of hydrogen-bond acceptors (Lipinski definition) is 5. The third-order valence-corrected chi connectivity index (χ3v) is 2.69. The van der Waals surface area contributed by atoms with Gasteiger partial charge >= 0.3 is 5.97 Å². The Kier molecular flexibility index (Phi) is 4.83. The van der Waals surface area contributed by atoms with Crippen LogP contribution >= 0.6 is 0 Å². The number of rotatable bonds is 6. The van der Waals surface area contributed by atoms with Crippen molar-refractivity contribution in [2.45, 2.75) is 20.0 Å². The van der Waals surface area contributed by atoms with E-state index in [1.807, 2.05) is 13.8 Å². The maximum absolute atomic E-state index is 10.9. The molecule has 0 aliphatic heterocycles. The molecule has 0 aliphatic rings. The molecule has 0 aliphatic carbocycles. The van der Waals surface area contributed by atoms with E-state index in [9.17, 15) is 4.79 Å². The number of aromatic carboxylic acids is 1. The average Bonchev–Trinajstić information content (AvgIpc) is 2.49. The van der Waals surface area contributed by atoms with Crippen LogP contribution in [0.15, 0.2) is 36.5 Å². The minimum atomic E-state index is -1.12. The summed E-state index contributed by atoms with van der Waals surface area (Å²) >= 11 is 0. The highest BCUT2D eigenvalue weighted by Crippen LogP contribution is 2.32. The first-order chi connectivity index (χ1) is 10.5. The van der Waals surface area contributed by atoms with E-state index in [-0.39, 0.29) is 11.8 Å². The van der Waals surface area contributed by atoms with Gasteiger partial charge < -0.3 is 19.3 Å². The fourth-order valence-corrected chi connectivity index (χ4v) is 1.76. The smallest absolute Gasteiger partial charge is 0.354 e. The quantitative estimate of drug-likeness (QED) is 0.881. The summed E-state index contributed by atoms with van der Waals surface area (Å²) in [6.45, 7) is 3.90. The van der Waals surface area contributed by atoms with Crippen molar-refractivity contribution in [1.29, 1.82) is 0 Å². The number of ether oxygens (including phenoxy) is 3. The van der Waals surface area contributed by atoms with Crippen LogP contribution in [-0.2, 0) is 0 Å². The van der Waals surface area contributed by atoms with Gasteiger partial charge in [-0.15, -0.1) is 0 Å². The van der Waals surface area contributed by atoms with Gasteiger partial charge in [0.2, 0.25) is 0 Å². The van der Waals surface area contributed by atoms with Crippen molar-refractivity contribution >= 4 is 5.97 Å². The molecule has 0 fully saturated rings. The number of pyridine rings is 1. The molecule has 0 saturated heterocycles. The van der Waals surface area contributed by atoms with E-state index in [0.717, 1.165) is 5.75 Å². The molecule has 2 aromatic rings. The van der Waals surface area contributed by atoms with Crippen molar-refractivity contribution < 1.29 is 24.1 Å². The number of methoxy groups -OCH3 is 1.